The van der Waals surface area contributed by atoms with Gasteiger partial charge in [0.15, 0.2) is 0 Å². The van der Waals surface area contributed by atoms with Crippen molar-refractivity contribution in [2.45, 2.75) is 97.1 Å². The lowest BCUT2D eigenvalue weighted by atomic mass is 9.79. The van der Waals surface area contributed by atoms with E-state index in [1.807, 2.05) is 0 Å². The summed E-state index contributed by atoms with van der Waals surface area (Å²) in [5.41, 5.74) is 0.541. The molecule has 1 atom stereocenters. The van der Waals surface area contributed by atoms with Gasteiger partial charge in [-0.1, -0.05) is 52.4 Å². The van der Waals surface area contributed by atoms with E-state index >= 15 is 0 Å². The van der Waals surface area contributed by atoms with Crippen molar-refractivity contribution < 1.29 is 0 Å². The van der Waals surface area contributed by atoms with Gasteiger partial charge in [0.25, 0.3) is 0 Å². The lowest BCUT2D eigenvalue weighted by molar-refractivity contribution is 0.0981. The normalized spacial score (nSPS) is 28.3. The predicted molar refractivity (Wildman–Crippen MR) is 92.8 cm³/mol. The van der Waals surface area contributed by atoms with Gasteiger partial charge < -0.3 is 10.2 Å². The molecule has 0 amide bonds. The van der Waals surface area contributed by atoms with Gasteiger partial charge in [-0.05, 0) is 44.6 Å². The number of likely N-dealkylation sites (tertiary alicyclic amines) is 1. The average molecular weight is 295 g/mol. The molecule has 0 aromatic carbocycles. The third-order valence-corrected chi connectivity index (χ3v) is 5.78. The van der Waals surface area contributed by atoms with Crippen molar-refractivity contribution in [1.82, 2.24) is 10.2 Å². The standard InChI is InChI=1S/C19H38N2/c1-17(2)20-15-19(12-8-4-5-9-13-19)16-21-14-10-6-7-11-18(21)3/h17-18,20H,4-16H2,1-3H3. The van der Waals surface area contributed by atoms with Gasteiger partial charge in [-0.15, -0.1) is 0 Å². The second-order valence-corrected chi connectivity index (χ2v) is 8.12. The first kappa shape index (κ1) is 17.3. The molecule has 2 nitrogen and oxygen atoms in total. The van der Waals surface area contributed by atoms with Gasteiger partial charge in [0.05, 0.1) is 0 Å². The molecule has 2 aliphatic rings. The van der Waals surface area contributed by atoms with E-state index in [0.717, 1.165) is 6.04 Å². The summed E-state index contributed by atoms with van der Waals surface area (Å²) in [6.07, 6.45) is 14.4. The van der Waals surface area contributed by atoms with Gasteiger partial charge in [0, 0.05) is 25.2 Å². The molecule has 124 valence electrons. The Hall–Kier alpha value is -0.0800. The van der Waals surface area contributed by atoms with Crippen molar-refractivity contribution >= 4 is 0 Å². The largest absolute Gasteiger partial charge is 0.314 e. The van der Waals surface area contributed by atoms with Crippen LogP contribution in [0.25, 0.3) is 0 Å². The molecule has 1 heterocycles. The second-order valence-electron chi connectivity index (χ2n) is 8.12. The third-order valence-electron chi connectivity index (χ3n) is 5.78. The van der Waals surface area contributed by atoms with Crippen LogP contribution in [-0.4, -0.2) is 36.6 Å². The lowest BCUT2D eigenvalue weighted by Crippen LogP contribution is -2.48. The van der Waals surface area contributed by atoms with Gasteiger partial charge in [-0.25, -0.2) is 0 Å². The van der Waals surface area contributed by atoms with E-state index in [2.05, 4.69) is 31.0 Å². The Balaban J connectivity index is 2.02. The molecular formula is C19H38N2. The summed E-state index contributed by atoms with van der Waals surface area (Å²) in [5, 5.41) is 3.78. The molecule has 0 radical (unpaired) electrons. The molecule has 1 aliphatic heterocycles. The van der Waals surface area contributed by atoms with Crippen molar-refractivity contribution in [3.63, 3.8) is 0 Å². The molecule has 2 heteroatoms. The fourth-order valence-corrected chi connectivity index (χ4v) is 4.29. The van der Waals surface area contributed by atoms with Crippen LogP contribution < -0.4 is 5.32 Å². The highest BCUT2D eigenvalue weighted by atomic mass is 15.2. The Kier molecular flexibility index (Phi) is 7.01. The van der Waals surface area contributed by atoms with E-state index in [1.54, 1.807) is 0 Å². The summed E-state index contributed by atoms with van der Waals surface area (Å²) in [5.74, 6) is 0. The zero-order valence-corrected chi connectivity index (χ0v) is 14.8. The highest BCUT2D eigenvalue weighted by Crippen LogP contribution is 2.36. The smallest absolute Gasteiger partial charge is 0.00671 e. The molecule has 0 aromatic rings. The summed E-state index contributed by atoms with van der Waals surface area (Å²) in [7, 11) is 0. The maximum absolute atomic E-state index is 3.78. The van der Waals surface area contributed by atoms with E-state index in [4.69, 9.17) is 0 Å². The van der Waals surface area contributed by atoms with Crippen LogP contribution in [0.4, 0.5) is 0 Å². The number of hydrogen-bond donors (Lipinski definition) is 1. The van der Waals surface area contributed by atoms with Crippen LogP contribution in [-0.2, 0) is 0 Å². The monoisotopic (exact) mass is 294 g/mol. The van der Waals surface area contributed by atoms with Crippen LogP contribution in [0.1, 0.15) is 85.0 Å². The molecule has 1 saturated carbocycles. The fraction of sp³-hybridized carbons (Fsp3) is 1.00. The Morgan fingerprint density at radius 1 is 1.00 bits per heavy atom. The molecule has 0 spiro atoms. The summed E-state index contributed by atoms with van der Waals surface area (Å²) in [6, 6.07) is 1.42. The van der Waals surface area contributed by atoms with E-state index in [0.29, 0.717) is 11.5 Å². The fourth-order valence-electron chi connectivity index (χ4n) is 4.29. The molecule has 0 bridgehead atoms. The van der Waals surface area contributed by atoms with Gasteiger partial charge in [-0.2, -0.15) is 0 Å². The summed E-state index contributed by atoms with van der Waals surface area (Å²) < 4.78 is 0. The van der Waals surface area contributed by atoms with E-state index in [1.165, 1.54) is 83.8 Å². The van der Waals surface area contributed by atoms with Gasteiger partial charge >= 0.3 is 0 Å². The molecule has 1 unspecified atom stereocenters. The first-order chi connectivity index (χ1) is 10.1. The molecule has 0 aromatic heterocycles. The molecule has 1 aliphatic carbocycles. The van der Waals surface area contributed by atoms with Crippen LogP contribution in [0.5, 0.6) is 0 Å². The average Bonchev–Trinajstić information content (AvgIpc) is 2.80. The van der Waals surface area contributed by atoms with Gasteiger partial charge in [0.2, 0.25) is 0 Å². The van der Waals surface area contributed by atoms with Crippen molar-refractivity contribution in [2.75, 3.05) is 19.6 Å². The number of nitrogens with zero attached hydrogens (tertiary/aromatic N) is 1. The SMILES string of the molecule is CC(C)NCC1(CN2CCCCCC2C)CCCCCC1. The first-order valence-electron chi connectivity index (χ1n) is 9.59. The van der Waals surface area contributed by atoms with E-state index in [9.17, 15) is 0 Å². The van der Waals surface area contributed by atoms with Crippen LogP contribution in [0.3, 0.4) is 0 Å². The summed E-state index contributed by atoms with van der Waals surface area (Å²) >= 11 is 0. The van der Waals surface area contributed by atoms with Gasteiger partial charge in [-0.3, -0.25) is 0 Å². The van der Waals surface area contributed by atoms with Crippen LogP contribution in [0, 0.1) is 5.41 Å². The topological polar surface area (TPSA) is 15.3 Å². The Bertz CT molecular complexity index is 279. The molecule has 2 rings (SSSR count). The minimum atomic E-state index is 0.541. The summed E-state index contributed by atoms with van der Waals surface area (Å²) in [4.78, 5) is 2.83. The van der Waals surface area contributed by atoms with E-state index in [-0.39, 0.29) is 0 Å². The van der Waals surface area contributed by atoms with Crippen molar-refractivity contribution in [2.24, 2.45) is 5.41 Å². The quantitative estimate of drug-likeness (QED) is 0.746. The summed E-state index contributed by atoms with van der Waals surface area (Å²) in [6.45, 7) is 11.0. The number of rotatable bonds is 5. The molecule has 2 fully saturated rings. The van der Waals surface area contributed by atoms with Crippen molar-refractivity contribution in [3.05, 3.63) is 0 Å². The minimum absolute atomic E-state index is 0.541. The second kappa shape index (κ2) is 8.53. The highest BCUT2D eigenvalue weighted by Gasteiger charge is 2.34. The Morgan fingerprint density at radius 3 is 2.33 bits per heavy atom. The Labute approximate surface area is 133 Å². The van der Waals surface area contributed by atoms with Gasteiger partial charge in [0.1, 0.15) is 0 Å². The zero-order chi connectivity index (χ0) is 15.1. The zero-order valence-electron chi connectivity index (χ0n) is 14.8. The molecular weight excluding hydrogens is 256 g/mol. The predicted octanol–water partition coefficient (Wildman–Crippen LogP) is 4.59. The van der Waals surface area contributed by atoms with Crippen LogP contribution in [0.15, 0.2) is 0 Å². The van der Waals surface area contributed by atoms with E-state index < -0.39 is 0 Å². The van der Waals surface area contributed by atoms with Crippen molar-refractivity contribution in [3.8, 4) is 0 Å². The maximum Gasteiger partial charge on any atom is 0.00671 e. The number of hydrogen-bond acceptors (Lipinski definition) is 2. The maximum atomic E-state index is 3.78. The van der Waals surface area contributed by atoms with Crippen molar-refractivity contribution in [1.29, 1.82) is 0 Å². The minimum Gasteiger partial charge on any atom is -0.314 e. The molecule has 21 heavy (non-hydrogen) atoms. The number of nitrogens with one attached hydrogen (secondary N) is 1. The Morgan fingerprint density at radius 2 is 1.67 bits per heavy atom. The third kappa shape index (κ3) is 5.56. The van der Waals surface area contributed by atoms with Crippen LogP contribution in [0.2, 0.25) is 0 Å². The lowest BCUT2D eigenvalue weighted by Gasteiger charge is -2.41. The molecule has 1 N–H and O–H groups in total. The first-order valence-corrected chi connectivity index (χ1v) is 9.59. The molecule has 1 saturated heterocycles. The van der Waals surface area contributed by atoms with Crippen LogP contribution >= 0.6 is 0 Å². The highest BCUT2D eigenvalue weighted by molar-refractivity contribution is 4.89.